The first-order chi connectivity index (χ1) is 37.7. The van der Waals surface area contributed by atoms with Gasteiger partial charge in [-0.25, -0.2) is 15.0 Å². The monoisotopic (exact) mass is 969 g/mol. The lowest BCUT2D eigenvalue weighted by Crippen LogP contribution is -2.06. The summed E-state index contributed by atoms with van der Waals surface area (Å²) in [5.41, 5.74) is 19.9. The van der Waals surface area contributed by atoms with Gasteiger partial charge in [-0.2, -0.15) is 0 Å². The van der Waals surface area contributed by atoms with Crippen molar-refractivity contribution in [2.24, 2.45) is 0 Å². The number of nitrogens with one attached hydrogen (secondary N) is 4. The summed E-state index contributed by atoms with van der Waals surface area (Å²) in [4.78, 5) is 33.6. The van der Waals surface area contributed by atoms with Gasteiger partial charge in [-0.05, 0) is 30.3 Å². The molecule has 6 heterocycles. The van der Waals surface area contributed by atoms with Crippen LogP contribution in [0.4, 0.5) is 0 Å². The van der Waals surface area contributed by atoms with Crippen molar-refractivity contribution in [2.45, 2.75) is 0 Å². The molecule has 0 radical (unpaired) electrons. The van der Waals surface area contributed by atoms with Gasteiger partial charge in [0.25, 0.3) is 0 Å². The quantitative estimate of drug-likeness (QED) is 0.128. The first-order valence-electron chi connectivity index (χ1n) is 25.8. The second-order valence-electron chi connectivity index (χ2n) is 19.7. The van der Waals surface area contributed by atoms with Gasteiger partial charge in [-0.1, -0.05) is 206 Å². The number of hydrogen-bond donors (Lipinski definition) is 4. The maximum atomic E-state index is 6.25. The van der Waals surface area contributed by atoms with Crippen molar-refractivity contribution in [3.05, 3.63) is 237 Å². The molecule has 354 valence electrons. The van der Waals surface area contributed by atoms with Crippen molar-refractivity contribution < 1.29 is 0 Å². The molecule has 0 aliphatic heterocycles. The van der Waals surface area contributed by atoms with E-state index in [-0.39, 0.29) is 0 Å². The SMILES string of the molecule is c1ccc(-c2cc(-c3ccccc3)nc(-c3c(-c4cccc5c4[nH]c4ccccc45)c(-c4cccc5c4[nH]c4ccccc45)nc(-c4cccc5c4[nH]c4ccccc45)c3-c3cccc4c3[nH]c3ccccc34)n2)cc1. The topological polar surface area (TPSA) is 102 Å². The largest absolute Gasteiger partial charge is 0.354 e. The Labute approximate surface area is 435 Å². The van der Waals surface area contributed by atoms with Crippen molar-refractivity contribution in [1.82, 2.24) is 34.9 Å². The van der Waals surface area contributed by atoms with Gasteiger partial charge in [-0.15, -0.1) is 0 Å². The zero-order valence-electron chi connectivity index (χ0n) is 40.9. The molecule has 0 aliphatic rings. The van der Waals surface area contributed by atoms with Crippen LogP contribution in [0, 0.1) is 0 Å². The van der Waals surface area contributed by atoms with Crippen LogP contribution in [0.5, 0.6) is 0 Å². The zero-order valence-corrected chi connectivity index (χ0v) is 40.9. The van der Waals surface area contributed by atoms with Crippen LogP contribution in [0.2, 0.25) is 0 Å². The highest BCUT2D eigenvalue weighted by molar-refractivity contribution is 6.22. The van der Waals surface area contributed by atoms with Crippen LogP contribution >= 0.6 is 0 Å². The summed E-state index contributed by atoms with van der Waals surface area (Å²) in [5, 5.41) is 9.05. The van der Waals surface area contributed by atoms with Gasteiger partial charge in [-0.3, -0.25) is 0 Å². The first-order valence-corrected chi connectivity index (χ1v) is 25.8. The third kappa shape index (κ3) is 6.39. The summed E-state index contributed by atoms with van der Waals surface area (Å²) in [6.07, 6.45) is 0. The minimum absolute atomic E-state index is 0.573. The smallest absolute Gasteiger partial charge is 0.161 e. The lowest BCUT2D eigenvalue weighted by molar-refractivity contribution is 1.18. The zero-order chi connectivity index (χ0) is 49.8. The molecule has 76 heavy (non-hydrogen) atoms. The minimum Gasteiger partial charge on any atom is -0.354 e. The van der Waals surface area contributed by atoms with E-state index in [1.165, 1.54) is 0 Å². The van der Waals surface area contributed by atoms with E-state index >= 15 is 0 Å². The molecule has 0 fully saturated rings. The number of rotatable bonds is 7. The summed E-state index contributed by atoms with van der Waals surface area (Å²) in [7, 11) is 0. The molecule has 10 aromatic carbocycles. The standard InChI is InChI=1S/C69H43N7/c1-3-19-40(20-4-1)58-39-59(41-21-5-2-6-22-41)75-69(74-58)62-60(50-31-15-27-46-42-23-7-11-35-54(42)70-63(46)50)67(52-33-17-29-48-44-25-9-13-37-56(44)72-65(48)52)76-68(53-34-18-30-49-45-26-10-14-38-57(45)73-66(49)53)61(62)51-32-16-28-47-43-24-8-12-36-55(43)71-64(47)51/h1-39,70-73H. The lowest BCUT2D eigenvalue weighted by Gasteiger charge is -2.24. The van der Waals surface area contributed by atoms with Crippen LogP contribution in [0.15, 0.2) is 237 Å². The van der Waals surface area contributed by atoms with Crippen molar-refractivity contribution in [3.63, 3.8) is 0 Å². The lowest BCUT2D eigenvalue weighted by atomic mass is 9.84. The molecular weight excluding hydrogens is 927 g/mol. The maximum Gasteiger partial charge on any atom is 0.161 e. The van der Waals surface area contributed by atoms with Crippen LogP contribution in [0.3, 0.4) is 0 Å². The van der Waals surface area contributed by atoms with Gasteiger partial charge in [0.2, 0.25) is 0 Å². The number of aromatic nitrogens is 7. The van der Waals surface area contributed by atoms with Crippen molar-refractivity contribution in [1.29, 1.82) is 0 Å². The predicted octanol–water partition coefficient (Wildman–Crippen LogP) is 18.1. The fourth-order valence-electron chi connectivity index (χ4n) is 12.1. The number of hydrogen-bond acceptors (Lipinski definition) is 3. The van der Waals surface area contributed by atoms with Crippen LogP contribution < -0.4 is 0 Å². The van der Waals surface area contributed by atoms with Gasteiger partial charge < -0.3 is 19.9 Å². The molecule has 0 spiro atoms. The summed E-state index contributed by atoms with van der Waals surface area (Å²) < 4.78 is 0. The van der Waals surface area contributed by atoms with Crippen molar-refractivity contribution in [2.75, 3.05) is 0 Å². The molecule has 0 bridgehead atoms. The minimum atomic E-state index is 0.573. The number of benzene rings is 10. The average molecular weight is 970 g/mol. The van der Waals surface area contributed by atoms with Gasteiger partial charge in [0, 0.05) is 115 Å². The van der Waals surface area contributed by atoms with E-state index in [0.29, 0.717) is 5.82 Å². The maximum absolute atomic E-state index is 6.25. The van der Waals surface area contributed by atoms with Crippen molar-refractivity contribution in [3.8, 4) is 78.7 Å². The summed E-state index contributed by atoms with van der Waals surface area (Å²) in [6, 6.07) is 83.9. The molecule has 7 nitrogen and oxygen atoms in total. The highest BCUT2D eigenvalue weighted by Gasteiger charge is 2.32. The van der Waals surface area contributed by atoms with Gasteiger partial charge >= 0.3 is 0 Å². The number of fused-ring (bicyclic) bond motifs is 12. The second kappa shape index (κ2) is 16.6. The molecule has 0 saturated carbocycles. The molecule has 0 atom stereocenters. The fourth-order valence-corrected chi connectivity index (χ4v) is 12.1. The summed E-state index contributed by atoms with van der Waals surface area (Å²) in [5.74, 6) is 0.573. The molecule has 16 rings (SSSR count). The van der Waals surface area contributed by atoms with Crippen LogP contribution in [-0.4, -0.2) is 34.9 Å². The Bertz CT molecular complexity index is 4690. The fraction of sp³-hybridized carbons (Fsp3) is 0. The molecule has 0 amide bonds. The highest BCUT2D eigenvalue weighted by atomic mass is 14.9. The molecule has 7 heteroatoms. The summed E-state index contributed by atoms with van der Waals surface area (Å²) in [6.45, 7) is 0. The van der Waals surface area contributed by atoms with E-state index in [1.54, 1.807) is 0 Å². The highest BCUT2D eigenvalue weighted by Crippen LogP contribution is 2.53. The normalized spacial score (nSPS) is 11.9. The second-order valence-corrected chi connectivity index (χ2v) is 19.7. The Hall–Kier alpha value is -10.4. The first kappa shape index (κ1) is 42.2. The Morgan fingerprint density at radius 3 is 0.908 bits per heavy atom. The Balaban J connectivity index is 1.18. The Morgan fingerprint density at radius 2 is 0.539 bits per heavy atom. The van der Waals surface area contributed by atoms with Gasteiger partial charge in [0.05, 0.1) is 44.8 Å². The van der Waals surface area contributed by atoms with Crippen LogP contribution in [-0.2, 0) is 0 Å². The third-order valence-electron chi connectivity index (χ3n) is 15.5. The van der Waals surface area contributed by atoms with E-state index in [2.05, 4.69) is 257 Å². The number of nitrogens with zero attached hydrogens (tertiary/aromatic N) is 3. The van der Waals surface area contributed by atoms with E-state index in [0.717, 1.165) is 160 Å². The van der Waals surface area contributed by atoms with Gasteiger partial charge in [0.1, 0.15) is 0 Å². The van der Waals surface area contributed by atoms with Gasteiger partial charge in [0.15, 0.2) is 5.82 Å². The summed E-state index contributed by atoms with van der Waals surface area (Å²) >= 11 is 0. The molecule has 0 aliphatic carbocycles. The van der Waals surface area contributed by atoms with Crippen LogP contribution in [0.25, 0.3) is 166 Å². The van der Waals surface area contributed by atoms with Crippen LogP contribution in [0.1, 0.15) is 0 Å². The average Bonchev–Trinajstić information content (AvgIpc) is 4.42. The number of pyridine rings is 1. The Morgan fingerprint density at radius 1 is 0.237 bits per heavy atom. The third-order valence-corrected chi connectivity index (χ3v) is 15.5. The van der Waals surface area contributed by atoms with Crippen molar-refractivity contribution >= 4 is 87.2 Å². The molecule has 0 unspecified atom stereocenters. The number of H-pyrrole nitrogens is 4. The van der Waals surface area contributed by atoms with E-state index in [4.69, 9.17) is 15.0 Å². The molecule has 16 aromatic rings. The molecule has 4 N–H and O–H groups in total. The predicted molar refractivity (Wildman–Crippen MR) is 315 cm³/mol. The van der Waals surface area contributed by atoms with E-state index in [1.807, 2.05) is 0 Å². The molecule has 6 aromatic heterocycles. The number of aromatic amines is 4. The van der Waals surface area contributed by atoms with E-state index < -0.39 is 0 Å². The molecule has 0 saturated heterocycles. The number of para-hydroxylation sites is 8. The molecular formula is C69H43N7. The van der Waals surface area contributed by atoms with E-state index in [9.17, 15) is 0 Å². The Kier molecular flexibility index (Phi) is 9.20.